The van der Waals surface area contributed by atoms with E-state index in [2.05, 4.69) is 15.5 Å². The first kappa shape index (κ1) is 20.2. The fourth-order valence-electron chi connectivity index (χ4n) is 3.01. The lowest BCUT2D eigenvalue weighted by Gasteiger charge is -2.18. The molecular weight excluding hydrogens is 408 g/mol. The Morgan fingerprint density at radius 3 is 2.59 bits per heavy atom. The topological polar surface area (TPSA) is 92.3 Å². The van der Waals surface area contributed by atoms with Crippen molar-refractivity contribution in [3.05, 3.63) is 33.8 Å². The van der Waals surface area contributed by atoms with Gasteiger partial charge in [-0.25, -0.2) is 12.7 Å². The number of carbonyl (C=O) groups excluding carboxylic acids is 1. The number of aromatic nitrogens is 2. The zero-order valence-corrected chi connectivity index (χ0v) is 17.5. The lowest BCUT2D eigenvalue weighted by molar-refractivity contribution is 0.102. The summed E-state index contributed by atoms with van der Waals surface area (Å²) < 4.78 is 25.8. The zero-order valence-electron chi connectivity index (χ0n) is 15.1. The molecule has 7 nitrogen and oxygen atoms in total. The molecule has 1 heterocycles. The van der Waals surface area contributed by atoms with Crippen LogP contribution in [0.2, 0.25) is 5.02 Å². The molecule has 1 aliphatic rings. The molecule has 10 heteroatoms. The van der Waals surface area contributed by atoms with Gasteiger partial charge in [-0.2, -0.15) is 0 Å². The van der Waals surface area contributed by atoms with Crippen molar-refractivity contribution >= 4 is 44.0 Å². The Morgan fingerprint density at radius 2 is 1.93 bits per heavy atom. The van der Waals surface area contributed by atoms with Gasteiger partial charge < -0.3 is 0 Å². The Hall–Kier alpha value is -1.55. The molecule has 3 rings (SSSR count). The molecule has 146 valence electrons. The van der Waals surface area contributed by atoms with Gasteiger partial charge in [0.15, 0.2) is 0 Å². The van der Waals surface area contributed by atoms with Gasteiger partial charge in [0.2, 0.25) is 15.2 Å². The highest BCUT2D eigenvalue weighted by Crippen LogP contribution is 2.35. The van der Waals surface area contributed by atoms with Gasteiger partial charge in [0.25, 0.3) is 5.91 Å². The zero-order chi connectivity index (χ0) is 19.6. The lowest BCUT2D eigenvalue weighted by Crippen LogP contribution is -2.23. The van der Waals surface area contributed by atoms with Crippen molar-refractivity contribution in [1.29, 1.82) is 0 Å². The van der Waals surface area contributed by atoms with Crippen molar-refractivity contribution < 1.29 is 13.2 Å². The Kier molecular flexibility index (Phi) is 6.15. The van der Waals surface area contributed by atoms with Gasteiger partial charge in [0, 0.05) is 25.6 Å². The van der Waals surface area contributed by atoms with Gasteiger partial charge >= 0.3 is 0 Å². The van der Waals surface area contributed by atoms with Gasteiger partial charge in [0.05, 0.1) is 5.02 Å². The Morgan fingerprint density at radius 1 is 1.22 bits per heavy atom. The quantitative estimate of drug-likeness (QED) is 0.782. The minimum Gasteiger partial charge on any atom is -0.296 e. The average Bonchev–Trinajstić information content (AvgIpc) is 3.11. The van der Waals surface area contributed by atoms with Crippen LogP contribution in [-0.4, -0.2) is 42.9 Å². The number of rotatable bonds is 5. The van der Waals surface area contributed by atoms with Crippen LogP contribution in [0.3, 0.4) is 0 Å². The van der Waals surface area contributed by atoms with E-state index in [1.54, 1.807) is 0 Å². The van der Waals surface area contributed by atoms with E-state index in [0.717, 1.165) is 22.2 Å². The van der Waals surface area contributed by atoms with E-state index in [9.17, 15) is 13.2 Å². The average molecular weight is 429 g/mol. The summed E-state index contributed by atoms with van der Waals surface area (Å²) >= 11 is 7.39. The second-order valence-corrected chi connectivity index (χ2v) is 10.2. The molecule has 1 N–H and O–H groups in total. The fraction of sp³-hybridized carbons (Fsp3) is 0.471. The number of nitrogens with zero attached hydrogens (tertiary/aromatic N) is 3. The van der Waals surface area contributed by atoms with Crippen LogP contribution in [0, 0.1) is 0 Å². The van der Waals surface area contributed by atoms with Crippen molar-refractivity contribution in [2.24, 2.45) is 0 Å². The molecule has 0 aliphatic heterocycles. The molecular formula is C17H21ClN4O3S2. The number of hydrogen-bond acceptors (Lipinski definition) is 6. The van der Waals surface area contributed by atoms with Gasteiger partial charge in [-0.05, 0) is 31.0 Å². The third-order valence-corrected chi connectivity index (χ3v) is 7.87. The van der Waals surface area contributed by atoms with Gasteiger partial charge in [-0.1, -0.05) is 42.2 Å². The number of amides is 1. The van der Waals surface area contributed by atoms with Crippen LogP contribution < -0.4 is 5.32 Å². The van der Waals surface area contributed by atoms with Crippen molar-refractivity contribution in [3.63, 3.8) is 0 Å². The molecule has 1 saturated carbocycles. The molecule has 27 heavy (non-hydrogen) atoms. The molecule has 1 aromatic heterocycles. The number of anilines is 1. The molecule has 0 atom stereocenters. The van der Waals surface area contributed by atoms with Crippen molar-refractivity contribution in [2.75, 3.05) is 19.4 Å². The summed E-state index contributed by atoms with van der Waals surface area (Å²) in [5.74, 6) is -0.0394. The van der Waals surface area contributed by atoms with Crippen molar-refractivity contribution in [2.45, 2.75) is 42.9 Å². The van der Waals surface area contributed by atoms with Crippen LogP contribution in [0.25, 0.3) is 0 Å². The molecule has 1 aliphatic carbocycles. The molecule has 0 saturated heterocycles. The summed E-state index contributed by atoms with van der Waals surface area (Å²) in [4.78, 5) is 12.4. The molecule has 1 amide bonds. The molecule has 0 spiro atoms. The summed E-state index contributed by atoms with van der Waals surface area (Å²) in [7, 11) is -0.933. The first-order valence-electron chi connectivity index (χ1n) is 8.66. The number of hydrogen-bond donors (Lipinski definition) is 1. The van der Waals surface area contributed by atoms with E-state index in [1.165, 1.54) is 62.9 Å². The number of carbonyl (C=O) groups is 1. The van der Waals surface area contributed by atoms with Gasteiger partial charge in [0.1, 0.15) is 9.90 Å². The van der Waals surface area contributed by atoms with Crippen LogP contribution >= 0.6 is 22.9 Å². The SMILES string of the molecule is CN(C)S(=O)(=O)c1cc(C(=O)Nc2nnc(C3CCCCC3)s2)ccc1Cl. The minimum absolute atomic E-state index is 0.0655. The first-order valence-corrected chi connectivity index (χ1v) is 11.3. The second kappa shape index (κ2) is 8.22. The highest BCUT2D eigenvalue weighted by atomic mass is 35.5. The van der Waals surface area contributed by atoms with E-state index >= 15 is 0 Å². The number of halogens is 1. The monoisotopic (exact) mass is 428 g/mol. The van der Waals surface area contributed by atoms with Crippen LogP contribution in [-0.2, 0) is 10.0 Å². The molecule has 0 unspecified atom stereocenters. The first-order chi connectivity index (χ1) is 12.8. The van der Waals surface area contributed by atoms with Crippen molar-refractivity contribution in [3.8, 4) is 0 Å². The lowest BCUT2D eigenvalue weighted by atomic mass is 9.90. The second-order valence-electron chi connectivity index (χ2n) is 6.67. The molecule has 2 aromatic rings. The summed E-state index contributed by atoms with van der Waals surface area (Å²) in [6.45, 7) is 0. The highest BCUT2D eigenvalue weighted by molar-refractivity contribution is 7.89. The van der Waals surface area contributed by atoms with E-state index in [-0.39, 0.29) is 15.5 Å². The molecule has 0 radical (unpaired) electrons. The third-order valence-electron chi connectivity index (χ3n) is 4.57. The summed E-state index contributed by atoms with van der Waals surface area (Å²) in [5, 5.41) is 12.4. The van der Waals surface area contributed by atoms with E-state index in [0.29, 0.717) is 11.0 Å². The van der Waals surface area contributed by atoms with Crippen LogP contribution in [0.5, 0.6) is 0 Å². The highest BCUT2D eigenvalue weighted by Gasteiger charge is 2.23. The summed E-state index contributed by atoms with van der Waals surface area (Å²) in [6.07, 6.45) is 5.85. The predicted molar refractivity (Wildman–Crippen MR) is 106 cm³/mol. The minimum atomic E-state index is -3.75. The summed E-state index contributed by atoms with van der Waals surface area (Å²) in [6, 6.07) is 4.16. The van der Waals surface area contributed by atoms with Gasteiger partial charge in [-0.15, -0.1) is 10.2 Å². The maximum absolute atomic E-state index is 12.5. The molecule has 1 aromatic carbocycles. The number of nitrogens with one attached hydrogen (secondary N) is 1. The van der Waals surface area contributed by atoms with E-state index < -0.39 is 15.9 Å². The third kappa shape index (κ3) is 4.48. The van der Waals surface area contributed by atoms with E-state index in [1.807, 2.05) is 0 Å². The fourth-order valence-corrected chi connectivity index (χ4v) is 5.31. The Labute approximate surface area is 167 Å². The van der Waals surface area contributed by atoms with Crippen molar-refractivity contribution in [1.82, 2.24) is 14.5 Å². The molecule has 1 fully saturated rings. The number of benzene rings is 1. The van der Waals surface area contributed by atoms with Crippen LogP contribution in [0.15, 0.2) is 23.1 Å². The smallest absolute Gasteiger partial charge is 0.257 e. The van der Waals surface area contributed by atoms with Crippen LogP contribution in [0.1, 0.15) is 53.4 Å². The van der Waals surface area contributed by atoms with Crippen LogP contribution in [0.4, 0.5) is 5.13 Å². The normalized spacial score (nSPS) is 15.9. The largest absolute Gasteiger partial charge is 0.296 e. The predicted octanol–water partition coefficient (Wildman–Crippen LogP) is 3.74. The maximum Gasteiger partial charge on any atom is 0.257 e. The standard InChI is InChI=1S/C17H21ClN4O3S2/c1-22(2)27(24,25)14-10-12(8-9-13(14)18)15(23)19-17-21-20-16(26-17)11-6-4-3-5-7-11/h8-11H,3-7H2,1-2H3,(H,19,21,23). The summed E-state index contributed by atoms with van der Waals surface area (Å²) in [5.41, 5.74) is 0.189. The number of sulfonamides is 1. The molecule has 0 bridgehead atoms. The maximum atomic E-state index is 12.5. The van der Waals surface area contributed by atoms with E-state index in [4.69, 9.17) is 11.6 Å². The Bertz CT molecular complexity index is 937. The Balaban J connectivity index is 1.78. The van der Waals surface area contributed by atoms with Gasteiger partial charge in [-0.3, -0.25) is 10.1 Å².